The van der Waals surface area contributed by atoms with Crippen LogP contribution in [0.3, 0.4) is 0 Å². The van der Waals surface area contributed by atoms with Gasteiger partial charge in [0.1, 0.15) is 36.3 Å². The Morgan fingerprint density at radius 2 is 0.816 bits per heavy atom. The summed E-state index contributed by atoms with van der Waals surface area (Å²) in [5, 5.41) is 0. The number of hydrogen-bond acceptors (Lipinski definition) is 12. The Hall–Kier alpha value is 4.03. The van der Waals surface area contributed by atoms with Gasteiger partial charge < -0.3 is 57.3 Å². The predicted octanol–water partition coefficient (Wildman–Crippen LogP) is -19.4. The number of hydrogen-bond donors (Lipinski definition) is 0. The van der Waals surface area contributed by atoms with Gasteiger partial charge in [-0.05, 0) is 58.2 Å². The molecular formula is C17H15Na6O12P3. The molecule has 0 atom stereocenters. The fourth-order valence-corrected chi connectivity index (χ4v) is 3.11. The quantitative estimate of drug-likeness (QED) is 0.127. The molecule has 0 saturated heterocycles. The van der Waals surface area contributed by atoms with E-state index in [1.807, 2.05) is 0 Å². The van der Waals surface area contributed by atoms with Crippen LogP contribution in [0.5, 0.6) is 17.2 Å². The Kier molecular flexibility index (Phi) is 33.0. The molecular weight excluding hydrogens is 627 g/mol. The van der Waals surface area contributed by atoms with E-state index in [1.165, 1.54) is 30.3 Å². The minimum Gasteiger partial charge on any atom is -0.808 e. The van der Waals surface area contributed by atoms with Gasteiger partial charge in [-0.15, -0.1) is 0 Å². The topological polar surface area (TPSA) is 217 Å². The summed E-state index contributed by atoms with van der Waals surface area (Å²) in [4.78, 5) is 64.4. The summed E-state index contributed by atoms with van der Waals surface area (Å²) in [5.74, 6) is -0.0901. The summed E-state index contributed by atoms with van der Waals surface area (Å²) in [7, 11) is -14.8. The summed E-state index contributed by atoms with van der Waals surface area (Å²) in [5.41, 5.74) is 0.945. The van der Waals surface area contributed by atoms with Gasteiger partial charge in [0, 0.05) is 6.07 Å². The smallest absolute Gasteiger partial charge is 0.808 e. The van der Waals surface area contributed by atoms with Crippen molar-refractivity contribution >= 4 is 34.9 Å². The molecule has 0 N–H and O–H groups in total. The first-order chi connectivity index (χ1) is 14.7. The fourth-order valence-electron chi connectivity index (χ4n) is 2.19. The van der Waals surface area contributed by atoms with Crippen LogP contribution in [0, 0.1) is 0 Å². The Bertz CT molecular complexity index is 1060. The van der Waals surface area contributed by atoms with E-state index in [9.17, 15) is 43.1 Å². The SMILES string of the molecule is O=P([O-])([O-])COc1ccc(/C=C/c2cc(OCP(=O)([O-])[O-])cc(OCP(=O)([O-])[O-])c2)cc1.[Na+].[Na+].[Na+].[Na+].[Na+].[Na+]. The molecule has 0 aromatic heterocycles. The molecule has 12 nitrogen and oxygen atoms in total. The first-order valence-electron chi connectivity index (χ1n) is 8.53. The molecule has 0 heterocycles. The van der Waals surface area contributed by atoms with E-state index in [1.54, 1.807) is 18.2 Å². The first kappa shape index (κ1) is 51.6. The molecule has 21 heteroatoms. The van der Waals surface area contributed by atoms with E-state index < -0.39 is 41.8 Å². The Morgan fingerprint density at radius 1 is 0.500 bits per heavy atom. The molecule has 2 aromatic rings. The third-order valence-corrected chi connectivity index (χ3v) is 4.75. The molecule has 0 amide bonds. The Morgan fingerprint density at radius 3 is 1.16 bits per heavy atom. The molecule has 0 bridgehead atoms. The van der Waals surface area contributed by atoms with Gasteiger partial charge in [-0.25, -0.2) is 0 Å². The van der Waals surface area contributed by atoms with Gasteiger partial charge in [0.2, 0.25) is 0 Å². The molecule has 2 rings (SSSR count). The number of benzene rings is 2. The van der Waals surface area contributed by atoms with Crippen LogP contribution in [-0.2, 0) is 13.7 Å². The largest absolute Gasteiger partial charge is 1.00 e. The minimum absolute atomic E-state index is 0. The molecule has 0 aliphatic heterocycles. The number of ether oxygens (including phenoxy) is 3. The molecule has 38 heavy (non-hydrogen) atoms. The third kappa shape index (κ3) is 25.4. The van der Waals surface area contributed by atoms with Gasteiger partial charge in [0.05, 0.1) is 0 Å². The van der Waals surface area contributed by atoms with E-state index in [0.717, 1.165) is 6.07 Å². The fraction of sp³-hybridized carbons (Fsp3) is 0.176. The molecule has 0 unspecified atom stereocenters. The molecule has 0 radical (unpaired) electrons. The second-order valence-corrected chi connectivity index (χ2v) is 10.7. The standard InChI is InChI=1S/C17H21O12P3.6Na/c18-30(19,20)10-27-15-5-3-13(4-6-15)1-2-14-7-16(28-11-31(21,22)23)9-17(8-14)29-12-32(24,25)26;;;;;;/h1-9H,10-12H2,(H2,18,19,20)(H2,21,22,23)(H2,24,25,26);;;;;;/q;6*+1/p-6/b2-1+;;;;;;. The maximum Gasteiger partial charge on any atom is 1.00 e. The van der Waals surface area contributed by atoms with Crippen molar-refractivity contribution in [2.75, 3.05) is 19.0 Å². The summed E-state index contributed by atoms with van der Waals surface area (Å²) >= 11 is 0. The van der Waals surface area contributed by atoms with Gasteiger partial charge in [-0.3, -0.25) is 0 Å². The average Bonchev–Trinajstić information content (AvgIpc) is 2.67. The van der Waals surface area contributed by atoms with Crippen molar-refractivity contribution in [2.45, 2.75) is 0 Å². The molecule has 0 fully saturated rings. The van der Waals surface area contributed by atoms with E-state index >= 15 is 0 Å². The van der Waals surface area contributed by atoms with Crippen LogP contribution in [0.25, 0.3) is 12.2 Å². The monoisotopic (exact) mass is 642 g/mol. The van der Waals surface area contributed by atoms with Gasteiger partial charge in [0.25, 0.3) is 0 Å². The maximum absolute atomic E-state index is 10.8. The van der Waals surface area contributed by atoms with Crippen molar-refractivity contribution in [2.24, 2.45) is 0 Å². The van der Waals surface area contributed by atoms with Crippen LogP contribution in [0.1, 0.15) is 11.1 Å². The van der Waals surface area contributed by atoms with Crippen molar-refractivity contribution in [1.82, 2.24) is 0 Å². The van der Waals surface area contributed by atoms with Gasteiger partial charge >= 0.3 is 177 Å². The van der Waals surface area contributed by atoms with Crippen molar-refractivity contribution in [3.8, 4) is 17.2 Å². The van der Waals surface area contributed by atoms with Gasteiger partial charge in [-0.1, -0.05) is 24.3 Å². The van der Waals surface area contributed by atoms with Crippen LogP contribution in [0.2, 0.25) is 0 Å². The van der Waals surface area contributed by atoms with Crippen molar-refractivity contribution in [3.63, 3.8) is 0 Å². The zero-order valence-corrected chi connectivity index (χ0v) is 36.7. The summed E-state index contributed by atoms with van der Waals surface area (Å²) in [6.07, 6.45) is -0.223. The molecule has 0 aliphatic rings. The third-order valence-electron chi connectivity index (χ3n) is 3.42. The predicted molar refractivity (Wildman–Crippen MR) is 101 cm³/mol. The van der Waals surface area contributed by atoms with Crippen molar-refractivity contribution in [1.29, 1.82) is 0 Å². The van der Waals surface area contributed by atoms with Gasteiger partial charge in [-0.2, -0.15) is 0 Å². The second kappa shape index (κ2) is 24.3. The minimum atomic E-state index is -4.98. The van der Waals surface area contributed by atoms with Crippen LogP contribution >= 0.6 is 22.8 Å². The Balaban J connectivity index is -0.000000605. The summed E-state index contributed by atoms with van der Waals surface area (Å²) in [6, 6.07) is 9.71. The molecule has 0 saturated carbocycles. The van der Waals surface area contributed by atoms with Crippen LogP contribution < -0.4 is 221 Å². The average molecular weight is 642 g/mol. The molecule has 0 spiro atoms. The first-order valence-corrected chi connectivity index (χ1v) is 13.7. The normalized spacial score (nSPS) is 10.7. The van der Waals surface area contributed by atoms with E-state index in [-0.39, 0.29) is 195 Å². The molecule has 176 valence electrons. The molecule has 2 aromatic carbocycles. The van der Waals surface area contributed by atoms with Crippen molar-refractivity contribution in [3.05, 3.63) is 53.6 Å². The van der Waals surface area contributed by atoms with Crippen LogP contribution in [0.15, 0.2) is 42.5 Å². The summed E-state index contributed by atoms with van der Waals surface area (Å²) in [6.45, 7) is 0. The van der Waals surface area contributed by atoms with Crippen molar-refractivity contribution < 1.29 is 235 Å². The Labute approximate surface area is 353 Å². The molecule has 0 aliphatic carbocycles. The zero-order valence-electron chi connectivity index (χ0n) is 22.1. The summed E-state index contributed by atoms with van der Waals surface area (Å²) < 4.78 is 46.8. The van der Waals surface area contributed by atoms with E-state index in [0.29, 0.717) is 11.1 Å². The zero-order chi connectivity index (χ0) is 24.0. The van der Waals surface area contributed by atoms with Crippen LogP contribution in [0.4, 0.5) is 0 Å². The van der Waals surface area contributed by atoms with Gasteiger partial charge in [0.15, 0.2) is 0 Å². The van der Waals surface area contributed by atoms with E-state index in [2.05, 4.69) is 0 Å². The van der Waals surface area contributed by atoms with Crippen LogP contribution in [-0.4, -0.2) is 19.0 Å². The number of rotatable bonds is 11. The second-order valence-electron chi connectivity index (χ2n) is 6.29. The maximum atomic E-state index is 10.8. The van der Waals surface area contributed by atoms with E-state index in [4.69, 9.17) is 14.2 Å².